The minimum Gasteiger partial charge on any atom is -0.493 e. The standard InChI is InChI=1S/C18H19N3O4/c22-15(8-13-16(23)19-11-20-17(13)24)21-9-12-4-1-2-5-14(12)25-18(10-21)6-3-7-18/h1-2,4-5,11H,3,6-10H2,(H2,19,20,23,24). The van der Waals surface area contributed by atoms with Crippen LogP contribution in [0, 0.1) is 0 Å². The van der Waals surface area contributed by atoms with Gasteiger partial charge in [0.05, 0.1) is 24.9 Å². The molecule has 1 aliphatic heterocycles. The molecule has 1 aliphatic carbocycles. The first-order valence-corrected chi connectivity index (χ1v) is 8.37. The molecule has 2 aliphatic rings. The summed E-state index contributed by atoms with van der Waals surface area (Å²) in [6.45, 7) is 0.912. The zero-order valence-corrected chi connectivity index (χ0v) is 13.7. The van der Waals surface area contributed by atoms with Crippen molar-refractivity contribution in [3.05, 3.63) is 52.1 Å². The van der Waals surface area contributed by atoms with Crippen LogP contribution >= 0.6 is 0 Å². The number of aromatic amines is 1. The van der Waals surface area contributed by atoms with Crippen molar-refractivity contribution < 1.29 is 14.6 Å². The lowest BCUT2D eigenvalue weighted by molar-refractivity contribution is -0.135. The average Bonchev–Trinajstić information content (AvgIpc) is 2.75. The summed E-state index contributed by atoms with van der Waals surface area (Å²) in [5, 5.41) is 9.79. The van der Waals surface area contributed by atoms with Crippen LogP contribution in [-0.4, -0.2) is 38.0 Å². The molecule has 1 amide bonds. The van der Waals surface area contributed by atoms with Gasteiger partial charge in [-0.05, 0) is 25.3 Å². The summed E-state index contributed by atoms with van der Waals surface area (Å²) in [7, 11) is 0. The molecule has 0 atom stereocenters. The number of aromatic hydroxyl groups is 1. The number of aromatic nitrogens is 2. The van der Waals surface area contributed by atoms with Gasteiger partial charge in [-0.3, -0.25) is 9.59 Å². The SMILES string of the molecule is O=C(Cc1c(O)nc[nH]c1=O)N1Cc2ccccc2OC2(CCC2)C1. The van der Waals surface area contributed by atoms with E-state index in [1.165, 1.54) is 0 Å². The zero-order valence-electron chi connectivity index (χ0n) is 13.7. The second kappa shape index (κ2) is 5.91. The Kier molecular flexibility index (Phi) is 3.71. The van der Waals surface area contributed by atoms with Gasteiger partial charge in [-0.2, -0.15) is 0 Å². The number of carbonyl (C=O) groups excluding carboxylic acids is 1. The summed E-state index contributed by atoms with van der Waals surface area (Å²) in [6, 6.07) is 7.72. The molecule has 4 rings (SSSR count). The number of nitrogens with zero attached hydrogens (tertiary/aromatic N) is 2. The van der Waals surface area contributed by atoms with Crippen molar-refractivity contribution in [3.8, 4) is 11.6 Å². The number of hydrogen-bond donors (Lipinski definition) is 2. The number of para-hydroxylation sites is 1. The predicted octanol–water partition coefficient (Wildman–Crippen LogP) is 1.36. The van der Waals surface area contributed by atoms with Crippen LogP contribution in [0.5, 0.6) is 11.6 Å². The summed E-state index contributed by atoms with van der Waals surface area (Å²) in [5.41, 5.74) is 0.106. The fourth-order valence-electron chi connectivity index (χ4n) is 3.46. The van der Waals surface area contributed by atoms with Crippen molar-refractivity contribution in [2.45, 2.75) is 37.8 Å². The topological polar surface area (TPSA) is 95.5 Å². The maximum Gasteiger partial charge on any atom is 0.258 e. The number of benzene rings is 1. The first kappa shape index (κ1) is 15.7. The highest BCUT2D eigenvalue weighted by atomic mass is 16.5. The number of ether oxygens (including phenoxy) is 1. The molecule has 1 spiro atoms. The molecular formula is C18H19N3O4. The molecule has 1 fully saturated rings. The van der Waals surface area contributed by atoms with E-state index in [1.807, 2.05) is 24.3 Å². The maximum absolute atomic E-state index is 12.8. The first-order chi connectivity index (χ1) is 12.1. The monoisotopic (exact) mass is 341 g/mol. The van der Waals surface area contributed by atoms with E-state index >= 15 is 0 Å². The minimum absolute atomic E-state index is 0.00592. The molecule has 25 heavy (non-hydrogen) atoms. The second-order valence-corrected chi connectivity index (χ2v) is 6.71. The van der Waals surface area contributed by atoms with Gasteiger partial charge in [0.15, 0.2) is 0 Å². The summed E-state index contributed by atoms with van der Waals surface area (Å²) < 4.78 is 6.23. The van der Waals surface area contributed by atoms with Crippen molar-refractivity contribution in [2.75, 3.05) is 6.54 Å². The van der Waals surface area contributed by atoms with E-state index < -0.39 is 11.4 Å². The Morgan fingerprint density at radius 3 is 2.88 bits per heavy atom. The first-order valence-electron chi connectivity index (χ1n) is 8.37. The van der Waals surface area contributed by atoms with Gasteiger partial charge < -0.3 is 19.7 Å². The van der Waals surface area contributed by atoms with E-state index in [0.717, 1.165) is 36.9 Å². The van der Waals surface area contributed by atoms with E-state index in [1.54, 1.807) is 4.90 Å². The van der Waals surface area contributed by atoms with Crippen LogP contribution in [0.2, 0.25) is 0 Å². The van der Waals surface area contributed by atoms with Crippen LogP contribution in [0.4, 0.5) is 0 Å². The van der Waals surface area contributed by atoms with E-state index in [4.69, 9.17) is 4.74 Å². The fraction of sp³-hybridized carbons (Fsp3) is 0.389. The quantitative estimate of drug-likeness (QED) is 0.860. The van der Waals surface area contributed by atoms with Crippen molar-refractivity contribution in [1.29, 1.82) is 0 Å². The highest BCUT2D eigenvalue weighted by Gasteiger charge is 2.44. The Balaban J connectivity index is 1.63. The lowest BCUT2D eigenvalue weighted by Gasteiger charge is -2.43. The Labute approximate surface area is 144 Å². The van der Waals surface area contributed by atoms with E-state index in [-0.39, 0.29) is 23.5 Å². The van der Waals surface area contributed by atoms with Crippen LogP contribution in [0.1, 0.15) is 30.4 Å². The van der Waals surface area contributed by atoms with E-state index in [0.29, 0.717) is 13.1 Å². The third kappa shape index (κ3) is 2.86. The summed E-state index contributed by atoms with van der Waals surface area (Å²) in [5.74, 6) is 0.196. The summed E-state index contributed by atoms with van der Waals surface area (Å²) in [6.07, 6.45) is 3.82. The zero-order chi connectivity index (χ0) is 17.4. The lowest BCUT2D eigenvalue weighted by Crippen LogP contribution is -2.52. The molecule has 2 heterocycles. The number of carbonyl (C=O) groups is 1. The number of hydrogen-bond acceptors (Lipinski definition) is 5. The van der Waals surface area contributed by atoms with Gasteiger partial charge in [0, 0.05) is 12.1 Å². The Hall–Kier alpha value is -2.83. The molecule has 0 bridgehead atoms. The highest BCUT2D eigenvalue weighted by molar-refractivity contribution is 5.79. The van der Waals surface area contributed by atoms with Crippen molar-refractivity contribution in [2.24, 2.45) is 0 Å². The van der Waals surface area contributed by atoms with Gasteiger partial charge in [0.2, 0.25) is 11.8 Å². The molecule has 0 saturated heterocycles. The van der Waals surface area contributed by atoms with Crippen LogP contribution in [0.25, 0.3) is 0 Å². The smallest absolute Gasteiger partial charge is 0.258 e. The predicted molar refractivity (Wildman–Crippen MR) is 89.3 cm³/mol. The Morgan fingerprint density at radius 2 is 2.16 bits per heavy atom. The van der Waals surface area contributed by atoms with Crippen LogP contribution < -0.4 is 10.3 Å². The van der Waals surface area contributed by atoms with Gasteiger partial charge in [-0.1, -0.05) is 18.2 Å². The van der Waals surface area contributed by atoms with Gasteiger partial charge in [0.1, 0.15) is 11.4 Å². The molecule has 1 aromatic carbocycles. The van der Waals surface area contributed by atoms with E-state index in [9.17, 15) is 14.7 Å². The number of rotatable bonds is 2. The molecule has 1 saturated carbocycles. The third-order valence-electron chi connectivity index (χ3n) is 5.01. The van der Waals surface area contributed by atoms with Crippen LogP contribution in [0.15, 0.2) is 35.4 Å². The van der Waals surface area contributed by atoms with Crippen LogP contribution in [-0.2, 0) is 17.8 Å². The van der Waals surface area contributed by atoms with Gasteiger partial charge in [-0.25, -0.2) is 4.98 Å². The molecule has 2 N–H and O–H groups in total. The molecule has 7 heteroatoms. The summed E-state index contributed by atoms with van der Waals surface area (Å²) in [4.78, 5) is 32.5. The largest absolute Gasteiger partial charge is 0.493 e. The lowest BCUT2D eigenvalue weighted by atomic mass is 9.79. The Bertz CT molecular complexity index is 873. The number of amides is 1. The number of H-pyrrole nitrogens is 1. The third-order valence-corrected chi connectivity index (χ3v) is 5.01. The maximum atomic E-state index is 12.8. The minimum atomic E-state index is -0.495. The summed E-state index contributed by atoms with van der Waals surface area (Å²) >= 11 is 0. The van der Waals surface area contributed by atoms with Gasteiger partial charge in [0.25, 0.3) is 5.56 Å². The van der Waals surface area contributed by atoms with E-state index in [2.05, 4.69) is 9.97 Å². The second-order valence-electron chi connectivity index (χ2n) is 6.71. The fourth-order valence-corrected chi connectivity index (χ4v) is 3.46. The molecule has 7 nitrogen and oxygen atoms in total. The normalized spacial score (nSPS) is 18.0. The van der Waals surface area contributed by atoms with Crippen molar-refractivity contribution in [1.82, 2.24) is 14.9 Å². The molecule has 0 unspecified atom stereocenters. The molecule has 2 aromatic rings. The van der Waals surface area contributed by atoms with Crippen LogP contribution in [0.3, 0.4) is 0 Å². The van der Waals surface area contributed by atoms with Gasteiger partial charge >= 0.3 is 0 Å². The molecular weight excluding hydrogens is 322 g/mol. The average molecular weight is 341 g/mol. The number of fused-ring (bicyclic) bond motifs is 1. The van der Waals surface area contributed by atoms with Crippen molar-refractivity contribution in [3.63, 3.8) is 0 Å². The van der Waals surface area contributed by atoms with Crippen molar-refractivity contribution >= 4 is 5.91 Å². The molecule has 1 aromatic heterocycles. The number of nitrogens with one attached hydrogen (secondary N) is 1. The van der Waals surface area contributed by atoms with Gasteiger partial charge in [-0.15, -0.1) is 0 Å². The molecule has 0 radical (unpaired) electrons. The highest BCUT2D eigenvalue weighted by Crippen LogP contribution is 2.41. The molecule has 130 valence electrons. The Morgan fingerprint density at radius 1 is 1.36 bits per heavy atom.